The summed E-state index contributed by atoms with van der Waals surface area (Å²) in [5.74, 6) is 4.59. The number of hydrazine groups is 1. The molecule has 5 N–H and O–H groups in total. The molecule has 0 spiro atoms. The van der Waals surface area contributed by atoms with Crippen molar-refractivity contribution in [1.29, 1.82) is 0 Å². The van der Waals surface area contributed by atoms with E-state index in [1.165, 1.54) is 6.92 Å². The van der Waals surface area contributed by atoms with Crippen molar-refractivity contribution in [3.05, 3.63) is 0 Å². The van der Waals surface area contributed by atoms with E-state index < -0.39 is 12.0 Å². The van der Waals surface area contributed by atoms with Gasteiger partial charge in [0.1, 0.15) is 11.8 Å². The number of nitrogens with zero attached hydrogens (tertiary/aromatic N) is 1. The van der Waals surface area contributed by atoms with Crippen LogP contribution in [0.4, 0.5) is 0 Å². The van der Waals surface area contributed by atoms with E-state index in [4.69, 9.17) is 11.6 Å². The molecule has 1 unspecified atom stereocenters. The van der Waals surface area contributed by atoms with Gasteiger partial charge in [-0.05, 0) is 32.1 Å². The molecular weight excluding hydrogens is 272 g/mol. The minimum atomic E-state index is -0.870. The summed E-state index contributed by atoms with van der Waals surface area (Å²) in [4.78, 5) is 36.6. The van der Waals surface area contributed by atoms with Gasteiger partial charge < -0.3 is 11.1 Å². The Labute approximate surface area is 124 Å². The van der Waals surface area contributed by atoms with Gasteiger partial charge in [0.25, 0.3) is 0 Å². The Bertz CT molecular complexity index is 440. The predicted octanol–water partition coefficient (Wildman–Crippen LogP) is -0.843. The number of Topliss-reactive ketones (excluding diaryl/α,β-unsaturated/α-hetero) is 1. The van der Waals surface area contributed by atoms with Crippen LogP contribution in [0.15, 0.2) is 0 Å². The predicted molar refractivity (Wildman–Crippen MR) is 76.5 cm³/mol. The third kappa shape index (κ3) is 3.08. The van der Waals surface area contributed by atoms with Gasteiger partial charge in [-0.1, -0.05) is 6.42 Å². The molecule has 2 amide bonds. The molecule has 7 heteroatoms. The number of rotatable bonds is 2. The summed E-state index contributed by atoms with van der Waals surface area (Å²) in [6, 6.07) is -0.870. The molecule has 21 heavy (non-hydrogen) atoms. The molecule has 1 saturated carbocycles. The molecule has 0 aromatic carbocycles. The zero-order valence-corrected chi connectivity index (χ0v) is 12.4. The number of amides is 2. The van der Waals surface area contributed by atoms with Crippen molar-refractivity contribution in [2.45, 2.75) is 38.6 Å². The molecule has 2 fully saturated rings. The van der Waals surface area contributed by atoms with Gasteiger partial charge >= 0.3 is 0 Å². The molecular formula is C14H24N4O3. The topological polar surface area (TPSA) is 119 Å². The maximum Gasteiger partial charge on any atom is 0.245 e. The van der Waals surface area contributed by atoms with E-state index in [0.29, 0.717) is 19.4 Å². The second kappa shape index (κ2) is 6.53. The molecule has 7 nitrogen and oxygen atoms in total. The van der Waals surface area contributed by atoms with Crippen LogP contribution in [-0.4, -0.2) is 41.7 Å². The summed E-state index contributed by atoms with van der Waals surface area (Å²) in [6.07, 6.45) is 3.22. The summed E-state index contributed by atoms with van der Waals surface area (Å²) >= 11 is 0. The standard InChI is InChI=1S/C14H24N4O3/c1-8(19)10-4-2-3-9-5-6-17-13(20)11(7-15)18(16)14(21)12(9)10/h9-12H,2-7,15-16H2,1H3,(H,17,20)/t9?,10-,11+,12-/m0/s1. The number of nitrogens with one attached hydrogen (secondary N) is 1. The molecule has 0 aromatic rings. The van der Waals surface area contributed by atoms with Crippen LogP contribution in [0, 0.1) is 17.8 Å². The van der Waals surface area contributed by atoms with Gasteiger partial charge in [0.15, 0.2) is 0 Å². The van der Waals surface area contributed by atoms with Crippen molar-refractivity contribution in [3.8, 4) is 0 Å². The van der Waals surface area contributed by atoms with Gasteiger partial charge in [-0.25, -0.2) is 5.84 Å². The number of carbonyl (C=O) groups is 3. The average Bonchev–Trinajstić information content (AvgIpc) is 2.49. The lowest BCUT2D eigenvalue weighted by Crippen LogP contribution is -2.58. The fraction of sp³-hybridized carbons (Fsp3) is 0.786. The molecule has 0 aromatic heterocycles. The molecule has 0 bridgehead atoms. The number of fused-ring (bicyclic) bond motifs is 1. The molecule has 2 aliphatic rings. The van der Waals surface area contributed by atoms with E-state index >= 15 is 0 Å². The quantitative estimate of drug-likeness (QED) is 0.453. The third-order valence-corrected chi connectivity index (χ3v) is 4.77. The molecule has 1 saturated heterocycles. The lowest BCUT2D eigenvalue weighted by Gasteiger charge is -2.38. The minimum absolute atomic E-state index is 0.0225. The van der Waals surface area contributed by atoms with E-state index in [2.05, 4.69) is 5.32 Å². The highest BCUT2D eigenvalue weighted by Crippen LogP contribution is 2.38. The summed E-state index contributed by atoms with van der Waals surface area (Å²) in [6.45, 7) is 1.98. The number of carbonyl (C=O) groups excluding carboxylic acids is 3. The summed E-state index contributed by atoms with van der Waals surface area (Å²) < 4.78 is 0. The van der Waals surface area contributed by atoms with Crippen LogP contribution in [0.1, 0.15) is 32.6 Å². The van der Waals surface area contributed by atoms with Crippen molar-refractivity contribution >= 4 is 17.6 Å². The normalized spacial score (nSPS) is 34.3. The molecule has 1 heterocycles. The number of ketones is 1. The monoisotopic (exact) mass is 296 g/mol. The van der Waals surface area contributed by atoms with Gasteiger partial charge in [0, 0.05) is 19.0 Å². The molecule has 1 aliphatic carbocycles. The van der Waals surface area contributed by atoms with Gasteiger partial charge in [0.2, 0.25) is 11.8 Å². The van der Waals surface area contributed by atoms with Gasteiger partial charge in [-0.15, -0.1) is 0 Å². The van der Waals surface area contributed by atoms with Crippen molar-refractivity contribution in [3.63, 3.8) is 0 Å². The fourth-order valence-electron chi connectivity index (χ4n) is 3.61. The highest BCUT2D eigenvalue weighted by Gasteiger charge is 2.44. The third-order valence-electron chi connectivity index (χ3n) is 4.77. The zero-order chi connectivity index (χ0) is 15.6. The molecule has 118 valence electrons. The van der Waals surface area contributed by atoms with Crippen LogP contribution < -0.4 is 16.9 Å². The first-order valence-electron chi connectivity index (χ1n) is 7.53. The van der Waals surface area contributed by atoms with Crippen molar-refractivity contribution in [2.24, 2.45) is 29.3 Å². The Morgan fingerprint density at radius 1 is 1.33 bits per heavy atom. The van der Waals surface area contributed by atoms with Gasteiger partial charge in [-0.3, -0.25) is 19.4 Å². The molecule has 0 radical (unpaired) electrons. The summed E-state index contributed by atoms with van der Waals surface area (Å²) in [5.41, 5.74) is 5.58. The van der Waals surface area contributed by atoms with Crippen LogP contribution in [-0.2, 0) is 14.4 Å². The second-order valence-corrected chi connectivity index (χ2v) is 6.01. The van der Waals surface area contributed by atoms with E-state index in [1.54, 1.807) is 0 Å². The van der Waals surface area contributed by atoms with Gasteiger partial charge in [-0.2, -0.15) is 0 Å². The van der Waals surface area contributed by atoms with Gasteiger partial charge in [0.05, 0.1) is 5.92 Å². The maximum absolute atomic E-state index is 12.7. The smallest absolute Gasteiger partial charge is 0.245 e. The van der Waals surface area contributed by atoms with E-state index in [0.717, 1.165) is 17.9 Å². The Hall–Kier alpha value is -1.47. The van der Waals surface area contributed by atoms with E-state index in [9.17, 15) is 14.4 Å². The lowest BCUT2D eigenvalue weighted by molar-refractivity contribution is -0.149. The Morgan fingerprint density at radius 2 is 2.05 bits per heavy atom. The minimum Gasteiger partial charge on any atom is -0.354 e. The SMILES string of the molecule is CC(=O)[C@@H]1CCCC2CCNC(=O)[C@@H](CN)N(N)C(=O)[C@@H]21. The maximum atomic E-state index is 12.7. The Kier molecular flexibility index (Phi) is 4.95. The Morgan fingerprint density at radius 3 is 2.67 bits per heavy atom. The number of nitrogens with two attached hydrogens (primary N) is 2. The van der Waals surface area contributed by atoms with Crippen molar-refractivity contribution in [1.82, 2.24) is 10.3 Å². The largest absolute Gasteiger partial charge is 0.354 e. The van der Waals surface area contributed by atoms with Crippen molar-refractivity contribution in [2.75, 3.05) is 13.1 Å². The molecule has 1 aliphatic heterocycles. The van der Waals surface area contributed by atoms with Crippen LogP contribution in [0.5, 0.6) is 0 Å². The Balaban J connectivity index is 2.33. The second-order valence-electron chi connectivity index (χ2n) is 6.01. The average molecular weight is 296 g/mol. The van der Waals surface area contributed by atoms with Crippen LogP contribution in [0.3, 0.4) is 0 Å². The van der Waals surface area contributed by atoms with E-state index in [1.807, 2.05) is 0 Å². The fourth-order valence-corrected chi connectivity index (χ4v) is 3.61. The highest BCUT2D eigenvalue weighted by atomic mass is 16.2. The first-order valence-corrected chi connectivity index (χ1v) is 7.53. The van der Waals surface area contributed by atoms with Crippen LogP contribution in [0.25, 0.3) is 0 Å². The lowest BCUT2D eigenvalue weighted by atomic mass is 9.69. The van der Waals surface area contributed by atoms with E-state index in [-0.39, 0.29) is 36.0 Å². The summed E-state index contributed by atoms with van der Waals surface area (Å²) in [5, 5.41) is 3.72. The summed E-state index contributed by atoms with van der Waals surface area (Å²) in [7, 11) is 0. The highest BCUT2D eigenvalue weighted by molar-refractivity contribution is 5.92. The molecule has 4 atom stereocenters. The molecule has 2 rings (SSSR count). The first kappa shape index (κ1) is 15.9. The number of hydrogen-bond donors (Lipinski definition) is 3. The van der Waals surface area contributed by atoms with Crippen molar-refractivity contribution < 1.29 is 14.4 Å². The first-order chi connectivity index (χ1) is 9.97. The zero-order valence-electron chi connectivity index (χ0n) is 12.4. The van der Waals surface area contributed by atoms with Crippen LogP contribution >= 0.6 is 0 Å². The number of hydrogen-bond acceptors (Lipinski definition) is 5. The van der Waals surface area contributed by atoms with Crippen LogP contribution in [0.2, 0.25) is 0 Å².